The van der Waals surface area contributed by atoms with Crippen LogP contribution in [-0.4, -0.2) is 46.8 Å². The summed E-state index contributed by atoms with van der Waals surface area (Å²) in [6.07, 6.45) is -0.244. The molecule has 18 heavy (non-hydrogen) atoms. The van der Waals surface area contributed by atoms with E-state index in [4.69, 9.17) is 9.84 Å². The van der Waals surface area contributed by atoms with Gasteiger partial charge < -0.3 is 14.7 Å². The normalized spacial score (nSPS) is 19.9. The molecule has 1 aromatic rings. The summed E-state index contributed by atoms with van der Waals surface area (Å²) in [5, 5.41) is 8.79. The van der Waals surface area contributed by atoms with Gasteiger partial charge in [-0.15, -0.1) is 0 Å². The quantitative estimate of drug-likeness (QED) is 0.855. The molecule has 6 heteroatoms. The Kier molecular flexibility index (Phi) is 3.76. The Hall–Kier alpha value is -1.69. The van der Waals surface area contributed by atoms with Crippen molar-refractivity contribution in [2.24, 2.45) is 0 Å². The highest BCUT2D eigenvalue weighted by Gasteiger charge is 2.23. The van der Waals surface area contributed by atoms with Gasteiger partial charge in [-0.1, -0.05) is 0 Å². The summed E-state index contributed by atoms with van der Waals surface area (Å²) < 4.78 is 5.44. The van der Waals surface area contributed by atoms with Crippen LogP contribution in [0, 0.1) is 13.8 Å². The van der Waals surface area contributed by atoms with Gasteiger partial charge in [0.2, 0.25) is 0 Å². The highest BCUT2D eigenvalue weighted by molar-refractivity contribution is 5.67. The number of hydrogen-bond acceptors (Lipinski definition) is 5. The van der Waals surface area contributed by atoms with Gasteiger partial charge in [-0.25, -0.2) is 9.97 Å². The maximum absolute atomic E-state index is 10.7. The van der Waals surface area contributed by atoms with E-state index in [1.165, 1.54) is 0 Å². The maximum Gasteiger partial charge on any atom is 0.306 e. The number of carboxylic acids is 1. The molecule has 0 bridgehead atoms. The summed E-state index contributed by atoms with van der Waals surface area (Å²) in [6, 6.07) is 1.91. The Morgan fingerprint density at radius 1 is 1.56 bits per heavy atom. The molecule has 2 heterocycles. The lowest BCUT2D eigenvalue weighted by Crippen LogP contribution is -2.43. The van der Waals surface area contributed by atoms with Crippen LogP contribution in [-0.2, 0) is 9.53 Å². The van der Waals surface area contributed by atoms with Crippen molar-refractivity contribution in [3.8, 4) is 0 Å². The maximum atomic E-state index is 10.7. The molecule has 0 saturated carbocycles. The van der Waals surface area contributed by atoms with Crippen LogP contribution < -0.4 is 4.90 Å². The van der Waals surface area contributed by atoms with E-state index in [-0.39, 0.29) is 12.5 Å². The first-order chi connectivity index (χ1) is 8.54. The number of morpholine rings is 1. The Balaban J connectivity index is 2.10. The van der Waals surface area contributed by atoms with Gasteiger partial charge in [-0.3, -0.25) is 4.79 Å². The van der Waals surface area contributed by atoms with Crippen LogP contribution in [0.15, 0.2) is 6.07 Å². The Morgan fingerprint density at radius 3 is 3.00 bits per heavy atom. The molecule has 0 aromatic carbocycles. The van der Waals surface area contributed by atoms with Gasteiger partial charge in [0, 0.05) is 24.8 Å². The summed E-state index contributed by atoms with van der Waals surface area (Å²) in [5.74, 6) is 0.738. The van der Waals surface area contributed by atoms with Gasteiger partial charge >= 0.3 is 5.97 Å². The number of rotatable bonds is 3. The molecule has 1 aromatic heterocycles. The van der Waals surface area contributed by atoms with Crippen molar-refractivity contribution in [2.75, 3.05) is 24.6 Å². The number of anilines is 1. The summed E-state index contributed by atoms with van der Waals surface area (Å²) in [7, 11) is 0. The first-order valence-electron chi connectivity index (χ1n) is 5.95. The second kappa shape index (κ2) is 5.30. The number of hydrogen-bond donors (Lipinski definition) is 1. The van der Waals surface area contributed by atoms with Crippen LogP contribution in [0.2, 0.25) is 0 Å². The van der Waals surface area contributed by atoms with Crippen molar-refractivity contribution >= 4 is 11.8 Å². The molecule has 1 fully saturated rings. The highest BCUT2D eigenvalue weighted by atomic mass is 16.5. The van der Waals surface area contributed by atoms with E-state index in [0.717, 1.165) is 23.9 Å². The van der Waals surface area contributed by atoms with Crippen molar-refractivity contribution in [2.45, 2.75) is 26.4 Å². The number of carbonyl (C=O) groups is 1. The number of carboxylic acid groups (broad SMARTS) is 1. The van der Waals surface area contributed by atoms with E-state index < -0.39 is 5.97 Å². The molecule has 1 unspecified atom stereocenters. The predicted molar refractivity (Wildman–Crippen MR) is 65.7 cm³/mol. The van der Waals surface area contributed by atoms with Crippen molar-refractivity contribution in [1.29, 1.82) is 0 Å². The number of nitrogens with zero attached hydrogens (tertiary/aromatic N) is 3. The van der Waals surface area contributed by atoms with E-state index in [2.05, 4.69) is 14.9 Å². The monoisotopic (exact) mass is 251 g/mol. The molecular weight excluding hydrogens is 234 g/mol. The third kappa shape index (κ3) is 3.16. The minimum absolute atomic E-state index is 0.0273. The van der Waals surface area contributed by atoms with Gasteiger partial charge in [0.05, 0.1) is 19.1 Å². The van der Waals surface area contributed by atoms with Crippen molar-refractivity contribution in [1.82, 2.24) is 9.97 Å². The Morgan fingerprint density at radius 2 is 2.33 bits per heavy atom. The topological polar surface area (TPSA) is 75.5 Å². The second-order valence-corrected chi connectivity index (χ2v) is 4.45. The molecule has 0 amide bonds. The molecule has 0 spiro atoms. The van der Waals surface area contributed by atoms with Crippen LogP contribution in [0.4, 0.5) is 5.82 Å². The molecule has 0 aliphatic carbocycles. The summed E-state index contributed by atoms with van der Waals surface area (Å²) in [5.41, 5.74) is 0.916. The average Bonchev–Trinajstić information content (AvgIpc) is 2.27. The lowest BCUT2D eigenvalue weighted by Gasteiger charge is -2.33. The van der Waals surface area contributed by atoms with Gasteiger partial charge in [0.1, 0.15) is 11.6 Å². The van der Waals surface area contributed by atoms with E-state index in [1.54, 1.807) is 0 Å². The molecule has 1 aliphatic rings. The van der Waals surface area contributed by atoms with Gasteiger partial charge in [-0.2, -0.15) is 0 Å². The molecule has 1 N–H and O–H groups in total. The van der Waals surface area contributed by atoms with E-state index >= 15 is 0 Å². The molecule has 6 nitrogen and oxygen atoms in total. The Labute approximate surface area is 106 Å². The SMILES string of the molecule is Cc1cc(N2CCOC(CC(=O)O)C2)nc(C)n1. The van der Waals surface area contributed by atoms with E-state index in [0.29, 0.717) is 13.2 Å². The standard InChI is InChI=1S/C12H17N3O3/c1-8-5-11(14-9(2)13-8)15-3-4-18-10(7-15)6-12(16)17/h5,10H,3-4,6-7H2,1-2H3,(H,16,17). The zero-order valence-corrected chi connectivity index (χ0v) is 10.6. The summed E-state index contributed by atoms with van der Waals surface area (Å²) in [4.78, 5) is 21.4. The van der Waals surface area contributed by atoms with Crippen LogP contribution in [0.1, 0.15) is 17.9 Å². The zero-order chi connectivity index (χ0) is 13.1. The Bertz CT molecular complexity index is 430. The van der Waals surface area contributed by atoms with Crippen LogP contribution >= 0.6 is 0 Å². The fourth-order valence-electron chi connectivity index (χ4n) is 2.11. The molecule has 1 saturated heterocycles. The number of ether oxygens (including phenoxy) is 1. The zero-order valence-electron chi connectivity index (χ0n) is 10.6. The average molecular weight is 251 g/mol. The van der Waals surface area contributed by atoms with Crippen LogP contribution in [0.25, 0.3) is 0 Å². The summed E-state index contributed by atoms with van der Waals surface area (Å²) in [6.45, 7) is 5.59. The molecule has 1 atom stereocenters. The first kappa shape index (κ1) is 12.8. The number of aryl methyl sites for hydroxylation is 2. The largest absolute Gasteiger partial charge is 0.481 e. The van der Waals surface area contributed by atoms with Gasteiger partial charge in [-0.05, 0) is 13.8 Å². The molecule has 0 radical (unpaired) electrons. The predicted octanol–water partition coefficient (Wildman–Crippen LogP) is 0.773. The fraction of sp³-hybridized carbons (Fsp3) is 0.583. The van der Waals surface area contributed by atoms with Crippen molar-refractivity contribution in [3.05, 3.63) is 17.6 Å². The third-order valence-electron chi connectivity index (χ3n) is 2.82. The van der Waals surface area contributed by atoms with Gasteiger partial charge in [0.15, 0.2) is 0 Å². The van der Waals surface area contributed by atoms with Crippen molar-refractivity contribution in [3.63, 3.8) is 0 Å². The van der Waals surface area contributed by atoms with Crippen molar-refractivity contribution < 1.29 is 14.6 Å². The second-order valence-electron chi connectivity index (χ2n) is 4.45. The smallest absolute Gasteiger partial charge is 0.306 e. The lowest BCUT2D eigenvalue weighted by molar-refractivity contribution is -0.140. The number of aromatic nitrogens is 2. The van der Waals surface area contributed by atoms with Gasteiger partial charge in [0.25, 0.3) is 0 Å². The highest BCUT2D eigenvalue weighted by Crippen LogP contribution is 2.17. The lowest BCUT2D eigenvalue weighted by atomic mass is 10.2. The van der Waals surface area contributed by atoms with E-state index in [1.807, 2.05) is 19.9 Å². The number of aliphatic carboxylic acids is 1. The van der Waals surface area contributed by atoms with E-state index in [9.17, 15) is 4.79 Å². The minimum Gasteiger partial charge on any atom is -0.481 e. The summed E-state index contributed by atoms with van der Waals surface area (Å²) >= 11 is 0. The molecule has 1 aliphatic heterocycles. The molecular formula is C12H17N3O3. The molecule has 2 rings (SSSR count). The van der Waals surface area contributed by atoms with Crippen LogP contribution in [0.3, 0.4) is 0 Å². The fourth-order valence-corrected chi connectivity index (χ4v) is 2.11. The molecule has 98 valence electrons. The van der Waals surface area contributed by atoms with Crippen LogP contribution in [0.5, 0.6) is 0 Å². The first-order valence-corrected chi connectivity index (χ1v) is 5.95. The minimum atomic E-state index is -0.836. The third-order valence-corrected chi connectivity index (χ3v) is 2.82.